The van der Waals surface area contributed by atoms with Crippen molar-refractivity contribution in [2.24, 2.45) is 0 Å². The highest BCUT2D eigenvalue weighted by molar-refractivity contribution is 5.42. The quantitative estimate of drug-likeness (QED) is 0.865. The van der Waals surface area contributed by atoms with E-state index in [4.69, 9.17) is 5.73 Å². The Balaban J connectivity index is 2.26. The third-order valence-corrected chi connectivity index (χ3v) is 3.18. The van der Waals surface area contributed by atoms with Crippen molar-refractivity contribution in [2.75, 3.05) is 5.73 Å². The van der Waals surface area contributed by atoms with E-state index in [9.17, 15) is 8.78 Å². The monoisotopic (exact) mass is 241 g/mol. The maximum atomic E-state index is 13.1. The average molecular weight is 241 g/mol. The van der Waals surface area contributed by atoms with Crippen molar-refractivity contribution in [1.82, 2.24) is 9.97 Å². The second-order valence-electron chi connectivity index (χ2n) is 5.02. The molecule has 0 amide bonds. The summed E-state index contributed by atoms with van der Waals surface area (Å²) in [6.45, 7) is 3.96. The molecule has 1 aliphatic rings. The zero-order valence-corrected chi connectivity index (χ0v) is 10.1. The van der Waals surface area contributed by atoms with Crippen molar-refractivity contribution in [3.8, 4) is 0 Å². The highest BCUT2D eigenvalue weighted by Crippen LogP contribution is 2.43. The van der Waals surface area contributed by atoms with Crippen LogP contribution in [-0.4, -0.2) is 15.9 Å². The molecule has 1 unspecified atom stereocenters. The van der Waals surface area contributed by atoms with E-state index in [0.717, 1.165) is 5.69 Å². The van der Waals surface area contributed by atoms with E-state index >= 15 is 0 Å². The summed E-state index contributed by atoms with van der Waals surface area (Å²) in [5.74, 6) is -2.10. The zero-order chi connectivity index (χ0) is 12.6. The van der Waals surface area contributed by atoms with Gasteiger partial charge in [0.25, 0.3) is 0 Å². The van der Waals surface area contributed by atoms with Gasteiger partial charge in [-0.3, -0.25) is 0 Å². The Hall–Kier alpha value is -1.26. The van der Waals surface area contributed by atoms with E-state index < -0.39 is 5.92 Å². The number of nitrogen functional groups attached to an aromatic ring is 1. The highest BCUT2D eigenvalue weighted by atomic mass is 19.3. The molecule has 1 aromatic rings. The minimum atomic E-state index is -2.56. The fraction of sp³-hybridized carbons (Fsp3) is 0.667. The highest BCUT2D eigenvalue weighted by Gasteiger charge is 2.41. The maximum Gasteiger partial charge on any atom is 0.248 e. The van der Waals surface area contributed by atoms with Gasteiger partial charge >= 0.3 is 0 Å². The number of halogens is 2. The standard InChI is InChI=1S/C12H17F2N3/c1-7(2)10-9(15)6-16-11(17-10)8-3-4-12(13,14)5-8/h6-8H,3-5,15H2,1-2H3. The van der Waals surface area contributed by atoms with Gasteiger partial charge in [-0.15, -0.1) is 0 Å². The normalized spacial score (nSPS) is 23.2. The second-order valence-corrected chi connectivity index (χ2v) is 5.02. The number of nitrogens with two attached hydrogens (primary N) is 1. The smallest absolute Gasteiger partial charge is 0.248 e. The van der Waals surface area contributed by atoms with Gasteiger partial charge in [0.1, 0.15) is 5.82 Å². The van der Waals surface area contributed by atoms with E-state index in [1.165, 1.54) is 6.20 Å². The SMILES string of the molecule is CC(C)c1nc(C2CCC(F)(F)C2)ncc1N. The third-order valence-electron chi connectivity index (χ3n) is 3.18. The summed E-state index contributed by atoms with van der Waals surface area (Å²) in [4.78, 5) is 8.45. The van der Waals surface area contributed by atoms with Gasteiger partial charge in [-0.05, 0) is 12.3 Å². The van der Waals surface area contributed by atoms with Crippen LogP contribution < -0.4 is 5.73 Å². The van der Waals surface area contributed by atoms with Gasteiger partial charge < -0.3 is 5.73 Å². The number of hydrogen-bond acceptors (Lipinski definition) is 3. The molecule has 5 heteroatoms. The average Bonchev–Trinajstić information content (AvgIpc) is 2.59. The molecular weight excluding hydrogens is 224 g/mol. The number of hydrogen-bond donors (Lipinski definition) is 1. The molecule has 0 aromatic carbocycles. The lowest BCUT2D eigenvalue weighted by Gasteiger charge is -2.13. The number of rotatable bonds is 2. The van der Waals surface area contributed by atoms with Crippen molar-refractivity contribution in [3.63, 3.8) is 0 Å². The molecule has 1 heterocycles. The summed E-state index contributed by atoms with van der Waals surface area (Å²) in [6, 6.07) is 0. The fourth-order valence-electron chi connectivity index (χ4n) is 2.25. The van der Waals surface area contributed by atoms with Crippen molar-refractivity contribution >= 4 is 5.69 Å². The van der Waals surface area contributed by atoms with Crippen LogP contribution in [0.3, 0.4) is 0 Å². The molecule has 0 saturated heterocycles. The molecular formula is C12H17F2N3. The number of alkyl halides is 2. The van der Waals surface area contributed by atoms with Crippen LogP contribution >= 0.6 is 0 Å². The molecule has 1 aliphatic carbocycles. The summed E-state index contributed by atoms with van der Waals surface area (Å²) in [6.07, 6.45) is 1.78. The molecule has 0 radical (unpaired) electrons. The Morgan fingerprint density at radius 3 is 2.71 bits per heavy atom. The molecule has 17 heavy (non-hydrogen) atoms. The van der Waals surface area contributed by atoms with Gasteiger partial charge in [0.05, 0.1) is 17.6 Å². The molecule has 1 saturated carbocycles. The summed E-state index contributed by atoms with van der Waals surface area (Å²) in [5, 5.41) is 0. The second kappa shape index (κ2) is 4.20. The summed E-state index contributed by atoms with van der Waals surface area (Å²) < 4.78 is 26.3. The number of nitrogens with zero attached hydrogens (tertiary/aromatic N) is 2. The van der Waals surface area contributed by atoms with Gasteiger partial charge in [0, 0.05) is 18.8 Å². The lowest BCUT2D eigenvalue weighted by molar-refractivity contribution is 0.00753. The third kappa shape index (κ3) is 2.53. The van der Waals surface area contributed by atoms with Crippen LogP contribution in [0.25, 0.3) is 0 Å². The summed E-state index contributed by atoms with van der Waals surface area (Å²) in [5.41, 5.74) is 7.06. The van der Waals surface area contributed by atoms with Crippen LogP contribution in [0.1, 0.15) is 56.5 Å². The molecule has 0 aliphatic heterocycles. The van der Waals surface area contributed by atoms with Gasteiger partial charge in [0.15, 0.2) is 0 Å². The van der Waals surface area contributed by atoms with Gasteiger partial charge in [-0.25, -0.2) is 18.7 Å². The lowest BCUT2D eigenvalue weighted by Crippen LogP contribution is -2.12. The first-order valence-corrected chi connectivity index (χ1v) is 5.89. The first kappa shape index (κ1) is 12.2. The summed E-state index contributed by atoms with van der Waals surface area (Å²) in [7, 11) is 0. The van der Waals surface area contributed by atoms with Crippen molar-refractivity contribution in [2.45, 2.75) is 50.9 Å². The maximum absolute atomic E-state index is 13.1. The van der Waals surface area contributed by atoms with Crippen LogP contribution in [0, 0.1) is 0 Å². The van der Waals surface area contributed by atoms with Crippen molar-refractivity contribution in [3.05, 3.63) is 17.7 Å². The Morgan fingerprint density at radius 1 is 1.47 bits per heavy atom. The van der Waals surface area contributed by atoms with Crippen LogP contribution in [-0.2, 0) is 0 Å². The predicted octanol–water partition coefficient (Wildman–Crippen LogP) is 3.09. The lowest BCUT2D eigenvalue weighted by atomic mass is 10.1. The Morgan fingerprint density at radius 2 is 2.18 bits per heavy atom. The first-order valence-electron chi connectivity index (χ1n) is 5.89. The molecule has 0 bridgehead atoms. The number of aromatic nitrogens is 2. The zero-order valence-electron chi connectivity index (χ0n) is 10.1. The number of anilines is 1. The fourth-order valence-corrected chi connectivity index (χ4v) is 2.25. The molecule has 1 aromatic heterocycles. The molecule has 94 valence electrons. The summed E-state index contributed by atoms with van der Waals surface area (Å²) >= 11 is 0. The van der Waals surface area contributed by atoms with Crippen LogP contribution in [0.15, 0.2) is 6.20 Å². The topological polar surface area (TPSA) is 51.8 Å². The van der Waals surface area contributed by atoms with Crippen molar-refractivity contribution < 1.29 is 8.78 Å². The Labute approximate surface area is 99.5 Å². The minimum Gasteiger partial charge on any atom is -0.396 e. The van der Waals surface area contributed by atoms with E-state index in [1.54, 1.807) is 0 Å². The van der Waals surface area contributed by atoms with E-state index in [1.807, 2.05) is 13.8 Å². The predicted molar refractivity (Wildman–Crippen MR) is 62.1 cm³/mol. The molecule has 2 N–H and O–H groups in total. The minimum absolute atomic E-state index is 0.0670. The Kier molecular flexibility index (Phi) is 3.02. The largest absolute Gasteiger partial charge is 0.396 e. The molecule has 1 atom stereocenters. The van der Waals surface area contributed by atoms with Crippen LogP contribution in [0.5, 0.6) is 0 Å². The van der Waals surface area contributed by atoms with E-state index in [2.05, 4.69) is 9.97 Å². The van der Waals surface area contributed by atoms with E-state index in [0.29, 0.717) is 17.9 Å². The van der Waals surface area contributed by atoms with Crippen LogP contribution in [0.2, 0.25) is 0 Å². The van der Waals surface area contributed by atoms with Gasteiger partial charge in [-0.2, -0.15) is 0 Å². The van der Waals surface area contributed by atoms with Gasteiger partial charge in [0.2, 0.25) is 5.92 Å². The molecule has 1 fully saturated rings. The van der Waals surface area contributed by atoms with Crippen LogP contribution in [0.4, 0.5) is 14.5 Å². The Bertz CT molecular complexity index is 418. The molecule has 0 spiro atoms. The van der Waals surface area contributed by atoms with E-state index in [-0.39, 0.29) is 24.7 Å². The van der Waals surface area contributed by atoms with Crippen molar-refractivity contribution in [1.29, 1.82) is 0 Å². The molecule has 2 rings (SSSR count). The molecule has 3 nitrogen and oxygen atoms in total. The van der Waals surface area contributed by atoms with Gasteiger partial charge in [-0.1, -0.05) is 13.8 Å². The first-order chi connectivity index (χ1) is 7.89.